The number of aliphatic carboxylic acids is 1. The average Bonchev–Trinajstić information content (AvgIpc) is 2.62. The Labute approximate surface area is 199 Å². The van der Waals surface area contributed by atoms with Crippen LogP contribution in [0.1, 0.15) is 92.8 Å². The Balaban J connectivity index is 2.15. The Morgan fingerprint density at radius 1 is 1.09 bits per heavy atom. The predicted molar refractivity (Wildman–Crippen MR) is 132 cm³/mol. The van der Waals surface area contributed by atoms with Crippen molar-refractivity contribution < 1.29 is 19.4 Å². The Morgan fingerprint density at radius 2 is 1.70 bits per heavy atom. The first-order valence-electron chi connectivity index (χ1n) is 11.9. The van der Waals surface area contributed by atoms with Crippen LogP contribution in [0.25, 0.3) is 0 Å². The number of carboxylic acid groups (broad SMARTS) is 1. The fourth-order valence-electron chi connectivity index (χ4n) is 5.67. The Hall–Kier alpha value is -2.15. The van der Waals surface area contributed by atoms with Crippen molar-refractivity contribution in [2.24, 2.45) is 5.41 Å². The molecule has 0 aliphatic carbocycles. The average molecular weight is 462 g/mol. The van der Waals surface area contributed by atoms with Gasteiger partial charge in [-0.15, -0.1) is 0 Å². The van der Waals surface area contributed by atoms with E-state index in [9.17, 15) is 14.7 Å². The van der Waals surface area contributed by atoms with Gasteiger partial charge >= 0.3 is 5.97 Å². The van der Waals surface area contributed by atoms with Gasteiger partial charge in [0.1, 0.15) is 11.9 Å². The largest absolute Gasteiger partial charge is 0.480 e. The van der Waals surface area contributed by atoms with Crippen molar-refractivity contribution >= 4 is 17.7 Å². The van der Waals surface area contributed by atoms with Gasteiger partial charge in [0.05, 0.1) is 11.2 Å². The second-order valence-corrected chi connectivity index (χ2v) is 12.1. The normalized spacial score (nSPS) is 15.9. The molecule has 2 rings (SSSR count). The Morgan fingerprint density at radius 3 is 2.27 bits per heavy atom. The summed E-state index contributed by atoms with van der Waals surface area (Å²) in [4.78, 5) is 28.3. The zero-order valence-electron chi connectivity index (χ0n) is 21.9. The first kappa shape index (κ1) is 27.1. The summed E-state index contributed by atoms with van der Waals surface area (Å²) >= 11 is 0. The lowest BCUT2D eigenvalue weighted by Crippen LogP contribution is -2.53. The molecule has 0 spiro atoms. The maximum atomic E-state index is 11.8. The molecule has 0 saturated carbocycles. The van der Waals surface area contributed by atoms with E-state index in [0.717, 1.165) is 37.3 Å². The molecule has 1 unspecified atom stereocenters. The van der Waals surface area contributed by atoms with Crippen LogP contribution in [0, 0.1) is 5.41 Å². The molecule has 1 amide bonds. The molecule has 0 radical (unpaired) electrons. The summed E-state index contributed by atoms with van der Waals surface area (Å²) in [5, 5.41) is 15.7. The van der Waals surface area contributed by atoms with Gasteiger partial charge in [-0.25, -0.2) is 9.78 Å². The van der Waals surface area contributed by atoms with Gasteiger partial charge in [0, 0.05) is 24.6 Å². The molecule has 1 atom stereocenters. The third kappa shape index (κ3) is 7.42. The number of carboxylic acids is 1. The van der Waals surface area contributed by atoms with Gasteiger partial charge in [0.25, 0.3) is 0 Å². The van der Waals surface area contributed by atoms with Crippen LogP contribution >= 0.6 is 0 Å². The second kappa shape index (κ2) is 9.61. The van der Waals surface area contributed by atoms with Crippen LogP contribution in [0.5, 0.6) is 0 Å². The van der Waals surface area contributed by atoms with Crippen LogP contribution in [0.3, 0.4) is 0 Å². The molecule has 0 saturated heterocycles. The van der Waals surface area contributed by atoms with Gasteiger partial charge < -0.3 is 20.5 Å². The number of carbonyl (C=O) groups is 2. The molecule has 186 valence electrons. The van der Waals surface area contributed by atoms with E-state index in [1.54, 1.807) is 0 Å². The standard InChI is InChI=1S/C26H43N3O4/c1-17(30)28-20(22(31)32)24(4,5)16-26(8,9)33-25(6,7)15-23(2,3)19-13-12-18-11-10-14-27-21(18)29-19/h12-13,20H,10-11,14-16H2,1-9H3,(H,27,29)(H,28,30)(H,31,32). The quantitative estimate of drug-likeness (QED) is 0.467. The lowest BCUT2D eigenvalue weighted by molar-refractivity contribution is -0.158. The van der Waals surface area contributed by atoms with E-state index < -0.39 is 28.6 Å². The summed E-state index contributed by atoms with van der Waals surface area (Å²) in [6.07, 6.45) is 3.39. The highest BCUT2D eigenvalue weighted by molar-refractivity contribution is 5.82. The van der Waals surface area contributed by atoms with Crippen molar-refractivity contribution in [2.45, 2.75) is 111 Å². The molecule has 1 aliphatic rings. The number of hydrogen-bond donors (Lipinski definition) is 3. The SMILES string of the molecule is CC(=O)NC(C(=O)O)C(C)(C)CC(C)(C)OC(C)(C)CC(C)(C)c1ccc2c(n1)NCCC2. The zero-order chi connectivity index (χ0) is 25.2. The van der Waals surface area contributed by atoms with Crippen LogP contribution < -0.4 is 10.6 Å². The van der Waals surface area contributed by atoms with Gasteiger partial charge in [-0.2, -0.15) is 0 Å². The number of aryl methyl sites for hydroxylation is 1. The summed E-state index contributed by atoms with van der Waals surface area (Å²) in [5.74, 6) is -0.410. The second-order valence-electron chi connectivity index (χ2n) is 12.1. The zero-order valence-corrected chi connectivity index (χ0v) is 21.9. The number of ether oxygens (including phenoxy) is 1. The van der Waals surface area contributed by atoms with Crippen molar-refractivity contribution in [3.63, 3.8) is 0 Å². The van der Waals surface area contributed by atoms with Gasteiger partial charge in [0.2, 0.25) is 5.91 Å². The maximum Gasteiger partial charge on any atom is 0.326 e. The molecule has 1 aromatic rings. The van der Waals surface area contributed by atoms with E-state index >= 15 is 0 Å². The molecule has 33 heavy (non-hydrogen) atoms. The van der Waals surface area contributed by atoms with Crippen LogP contribution in [0.4, 0.5) is 5.82 Å². The minimum Gasteiger partial charge on any atom is -0.480 e. The van der Waals surface area contributed by atoms with Crippen molar-refractivity contribution in [1.82, 2.24) is 10.3 Å². The van der Waals surface area contributed by atoms with E-state index in [0.29, 0.717) is 6.42 Å². The number of nitrogens with zero attached hydrogens (tertiary/aromatic N) is 1. The van der Waals surface area contributed by atoms with Crippen molar-refractivity contribution in [3.8, 4) is 0 Å². The van der Waals surface area contributed by atoms with E-state index in [-0.39, 0.29) is 11.3 Å². The highest BCUT2D eigenvalue weighted by Gasteiger charge is 2.43. The fraction of sp³-hybridized carbons (Fsp3) is 0.731. The van der Waals surface area contributed by atoms with Gasteiger partial charge in [0.15, 0.2) is 0 Å². The van der Waals surface area contributed by atoms with Crippen LogP contribution in [-0.4, -0.2) is 45.8 Å². The first-order valence-corrected chi connectivity index (χ1v) is 11.9. The lowest BCUT2D eigenvalue weighted by atomic mass is 9.74. The number of amides is 1. The topological polar surface area (TPSA) is 101 Å². The number of hydrogen-bond acceptors (Lipinski definition) is 5. The van der Waals surface area contributed by atoms with E-state index in [4.69, 9.17) is 9.72 Å². The first-order chi connectivity index (χ1) is 14.9. The maximum absolute atomic E-state index is 11.8. The van der Waals surface area contributed by atoms with Crippen LogP contribution in [-0.2, 0) is 26.2 Å². The van der Waals surface area contributed by atoms with Crippen molar-refractivity contribution in [1.29, 1.82) is 0 Å². The Kier molecular flexibility index (Phi) is 7.89. The minimum atomic E-state index is -1.04. The Bertz CT molecular complexity index is 874. The van der Waals surface area contributed by atoms with Crippen molar-refractivity contribution in [2.75, 3.05) is 11.9 Å². The molecule has 7 heteroatoms. The highest BCUT2D eigenvalue weighted by Crippen LogP contribution is 2.40. The molecular weight excluding hydrogens is 418 g/mol. The number of fused-ring (bicyclic) bond motifs is 1. The summed E-state index contributed by atoms with van der Waals surface area (Å²) in [6, 6.07) is 3.31. The number of nitrogens with one attached hydrogen (secondary N) is 2. The van der Waals surface area contributed by atoms with Gasteiger partial charge in [-0.1, -0.05) is 33.8 Å². The third-order valence-electron chi connectivity index (χ3n) is 6.27. The summed E-state index contributed by atoms with van der Waals surface area (Å²) < 4.78 is 6.62. The number of pyridine rings is 1. The number of carbonyl (C=O) groups excluding carboxylic acids is 1. The molecule has 2 heterocycles. The van der Waals surface area contributed by atoms with E-state index in [1.165, 1.54) is 12.5 Å². The summed E-state index contributed by atoms with van der Waals surface area (Å²) in [7, 11) is 0. The number of aromatic nitrogens is 1. The number of anilines is 1. The molecule has 3 N–H and O–H groups in total. The van der Waals surface area contributed by atoms with Crippen LogP contribution in [0.15, 0.2) is 12.1 Å². The predicted octanol–water partition coefficient (Wildman–Crippen LogP) is 4.69. The number of rotatable bonds is 10. The molecule has 1 aromatic heterocycles. The van der Waals surface area contributed by atoms with Gasteiger partial charge in [-0.3, -0.25) is 4.79 Å². The molecule has 1 aliphatic heterocycles. The third-order valence-corrected chi connectivity index (χ3v) is 6.27. The molecule has 7 nitrogen and oxygen atoms in total. The summed E-state index contributed by atoms with van der Waals surface area (Å²) in [6.45, 7) is 18.5. The van der Waals surface area contributed by atoms with Gasteiger partial charge in [-0.05, 0) is 70.4 Å². The fourth-order valence-corrected chi connectivity index (χ4v) is 5.67. The molecule has 0 fully saturated rings. The lowest BCUT2D eigenvalue weighted by Gasteiger charge is -2.44. The minimum absolute atomic E-state index is 0.219. The molecule has 0 aromatic carbocycles. The molecule has 0 bridgehead atoms. The smallest absolute Gasteiger partial charge is 0.326 e. The van der Waals surface area contributed by atoms with E-state index in [1.807, 2.05) is 27.7 Å². The summed E-state index contributed by atoms with van der Waals surface area (Å²) in [5.41, 5.74) is 0.274. The monoisotopic (exact) mass is 461 g/mol. The highest BCUT2D eigenvalue weighted by atomic mass is 16.5. The van der Waals surface area contributed by atoms with Crippen LogP contribution in [0.2, 0.25) is 0 Å². The molecular formula is C26H43N3O4. The van der Waals surface area contributed by atoms with E-state index in [2.05, 4.69) is 50.5 Å². The van der Waals surface area contributed by atoms with Crippen molar-refractivity contribution in [3.05, 3.63) is 23.4 Å².